The van der Waals surface area contributed by atoms with E-state index in [1.165, 1.54) is 39.2 Å². The van der Waals surface area contributed by atoms with Crippen LogP contribution in [0.5, 0.6) is 0 Å². The summed E-state index contributed by atoms with van der Waals surface area (Å²) < 4.78 is 4.79. The third-order valence-electron chi connectivity index (χ3n) is 3.91. The number of ether oxygens (including phenoxy) is 1. The summed E-state index contributed by atoms with van der Waals surface area (Å²) in [4.78, 5) is 11.7. The van der Waals surface area contributed by atoms with Crippen LogP contribution in [0.3, 0.4) is 0 Å². The number of aliphatic hydroxyl groups is 1. The van der Waals surface area contributed by atoms with Crippen LogP contribution < -0.4 is 0 Å². The van der Waals surface area contributed by atoms with Crippen molar-refractivity contribution in [1.29, 1.82) is 0 Å². The Hall–Kier alpha value is -0.570. The number of carbonyl (C=O) groups is 1. The second kappa shape index (κ2) is 7.00. The maximum absolute atomic E-state index is 11.7. The molecule has 1 saturated carbocycles. The first-order valence-corrected chi connectivity index (χ1v) is 6.82. The fourth-order valence-electron chi connectivity index (χ4n) is 2.92. The molecule has 3 heteroatoms. The van der Waals surface area contributed by atoms with Crippen molar-refractivity contribution in [1.82, 2.24) is 0 Å². The van der Waals surface area contributed by atoms with Crippen molar-refractivity contribution in [3.63, 3.8) is 0 Å². The molecule has 0 aromatic rings. The number of methoxy groups -OCH3 is 1. The van der Waals surface area contributed by atoms with Gasteiger partial charge in [0.1, 0.15) is 0 Å². The zero-order chi connectivity index (χ0) is 12.8. The summed E-state index contributed by atoms with van der Waals surface area (Å²) in [6.07, 6.45) is 6.44. The zero-order valence-electron chi connectivity index (χ0n) is 11.3. The Morgan fingerprint density at radius 1 is 1.29 bits per heavy atom. The summed E-state index contributed by atoms with van der Waals surface area (Å²) >= 11 is 0. The third kappa shape index (κ3) is 4.30. The van der Waals surface area contributed by atoms with Crippen LogP contribution >= 0.6 is 0 Å². The molecule has 100 valence electrons. The Morgan fingerprint density at radius 3 is 2.35 bits per heavy atom. The van der Waals surface area contributed by atoms with Gasteiger partial charge in [-0.3, -0.25) is 4.79 Å². The first-order chi connectivity index (χ1) is 8.06. The number of aliphatic hydroxyl groups excluding tert-OH is 1. The molecule has 1 rings (SSSR count). The number of carbonyl (C=O) groups excluding carboxylic acids is 1. The Kier molecular flexibility index (Phi) is 5.96. The van der Waals surface area contributed by atoms with E-state index < -0.39 is 6.10 Å². The predicted molar refractivity (Wildman–Crippen MR) is 67.5 cm³/mol. The molecule has 0 aromatic carbocycles. The van der Waals surface area contributed by atoms with Crippen LogP contribution in [0.2, 0.25) is 0 Å². The standard InChI is InChI=1S/C14H26O3/c1-10(2)13(14(16)17-3)12(15)9-11-7-5-4-6-8-11/h10-13,15H,4-9H2,1-3H3. The van der Waals surface area contributed by atoms with Gasteiger partial charge in [-0.25, -0.2) is 0 Å². The minimum Gasteiger partial charge on any atom is -0.469 e. The molecule has 2 atom stereocenters. The minimum absolute atomic E-state index is 0.126. The summed E-state index contributed by atoms with van der Waals surface area (Å²) in [5.41, 5.74) is 0. The average Bonchev–Trinajstić information content (AvgIpc) is 2.29. The van der Waals surface area contributed by atoms with Crippen LogP contribution in [0.4, 0.5) is 0 Å². The lowest BCUT2D eigenvalue weighted by Gasteiger charge is -2.29. The van der Waals surface area contributed by atoms with E-state index in [-0.39, 0.29) is 17.8 Å². The van der Waals surface area contributed by atoms with Crippen molar-refractivity contribution in [2.45, 2.75) is 58.5 Å². The second-order valence-electron chi connectivity index (χ2n) is 5.60. The maximum atomic E-state index is 11.7. The SMILES string of the molecule is COC(=O)C(C(C)C)C(O)CC1CCCCC1. The Bertz CT molecular complexity index is 232. The van der Waals surface area contributed by atoms with Crippen LogP contribution in [-0.4, -0.2) is 24.3 Å². The summed E-state index contributed by atoms with van der Waals surface area (Å²) in [7, 11) is 1.39. The van der Waals surface area contributed by atoms with E-state index in [1.54, 1.807) is 0 Å². The molecule has 0 saturated heterocycles. The lowest BCUT2D eigenvalue weighted by Crippen LogP contribution is -2.35. The van der Waals surface area contributed by atoms with Gasteiger partial charge in [-0.05, 0) is 18.3 Å². The minimum atomic E-state index is -0.550. The maximum Gasteiger partial charge on any atom is 0.311 e. The molecule has 1 aliphatic rings. The molecule has 0 heterocycles. The first kappa shape index (κ1) is 14.5. The van der Waals surface area contributed by atoms with Gasteiger partial charge in [0.25, 0.3) is 0 Å². The van der Waals surface area contributed by atoms with E-state index in [4.69, 9.17) is 4.74 Å². The highest BCUT2D eigenvalue weighted by Crippen LogP contribution is 2.30. The molecule has 0 spiro atoms. The summed E-state index contributed by atoms with van der Waals surface area (Å²) in [5, 5.41) is 10.2. The van der Waals surface area contributed by atoms with Crippen molar-refractivity contribution >= 4 is 5.97 Å². The largest absolute Gasteiger partial charge is 0.469 e. The highest BCUT2D eigenvalue weighted by Gasteiger charge is 2.32. The molecule has 3 nitrogen and oxygen atoms in total. The monoisotopic (exact) mass is 242 g/mol. The third-order valence-corrected chi connectivity index (χ3v) is 3.91. The molecule has 0 aromatic heterocycles. The number of hydrogen-bond donors (Lipinski definition) is 1. The van der Waals surface area contributed by atoms with Crippen molar-refractivity contribution in [2.75, 3.05) is 7.11 Å². The smallest absolute Gasteiger partial charge is 0.311 e. The lowest BCUT2D eigenvalue weighted by molar-refractivity contribution is -0.152. The van der Waals surface area contributed by atoms with E-state index in [2.05, 4.69) is 0 Å². The van der Waals surface area contributed by atoms with Crippen molar-refractivity contribution in [2.24, 2.45) is 17.8 Å². The molecule has 0 radical (unpaired) electrons. The molecule has 1 fully saturated rings. The Labute approximate surface area is 105 Å². The van der Waals surface area contributed by atoms with Gasteiger partial charge >= 0.3 is 5.97 Å². The molecule has 0 amide bonds. The van der Waals surface area contributed by atoms with Crippen LogP contribution in [0.1, 0.15) is 52.4 Å². The molecular formula is C14H26O3. The lowest BCUT2D eigenvalue weighted by atomic mass is 9.80. The molecule has 0 bridgehead atoms. The zero-order valence-corrected chi connectivity index (χ0v) is 11.3. The Morgan fingerprint density at radius 2 is 1.88 bits per heavy atom. The fraction of sp³-hybridized carbons (Fsp3) is 0.929. The van der Waals surface area contributed by atoms with Gasteiger partial charge in [-0.15, -0.1) is 0 Å². The molecule has 0 aliphatic heterocycles. The van der Waals surface area contributed by atoms with Gasteiger partial charge in [-0.2, -0.15) is 0 Å². The van der Waals surface area contributed by atoms with E-state index >= 15 is 0 Å². The molecule has 17 heavy (non-hydrogen) atoms. The summed E-state index contributed by atoms with van der Waals surface area (Å²) in [6, 6.07) is 0. The molecule has 2 unspecified atom stereocenters. The normalized spacial score (nSPS) is 21.2. The van der Waals surface area contributed by atoms with Crippen LogP contribution in [0, 0.1) is 17.8 Å². The average molecular weight is 242 g/mol. The van der Waals surface area contributed by atoms with Crippen molar-refractivity contribution < 1.29 is 14.6 Å². The highest BCUT2D eigenvalue weighted by molar-refractivity contribution is 5.73. The molecule has 1 N–H and O–H groups in total. The first-order valence-electron chi connectivity index (χ1n) is 6.82. The van der Waals surface area contributed by atoms with E-state index in [0.29, 0.717) is 5.92 Å². The van der Waals surface area contributed by atoms with Gasteiger partial charge in [0.15, 0.2) is 0 Å². The Balaban J connectivity index is 2.51. The van der Waals surface area contributed by atoms with Crippen LogP contribution in [0.25, 0.3) is 0 Å². The van der Waals surface area contributed by atoms with E-state index in [9.17, 15) is 9.90 Å². The highest BCUT2D eigenvalue weighted by atomic mass is 16.5. The predicted octanol–water partition coefficient (Wildman–Crippen LogP) is 2.76. The quantitative estimate of drug-likeness (QED) is 0.754. The molecular weight excluding hydrogens is 216 g/mol. The summed E-state index contributed by atoms with van der Waals surface area (Å²) in [6.45, 7) is 3.93. The van der Waals surface area contributed by atoms with Crippen molar-refractivity contribution in [3.8, 4) is 0 Å². The number of esters is 1. The van der Waals surface area contributed by atoms with Crippen LogP contribution in [-0.2, 0) is 9.53 Å². The number of rotatable bonds is 5. The van der Waals surface area contributed by atoms with Gasteiger partial charge in [0.05, 0.1) is 19.1 Å². The van der Waals surface area contributed by atoms with Gasteiger partial charge in [-0.1, -0.05) is 46.0 Å². The van der Waals surface area contributed by atoms with E-state index in [0.717, 1.165) is 6.42 Å². The van der Waals surface area contributed by atoms with Crippen LogP contribution in [0.15, 0.2) is 0 Å². The van der Waals surface area contributed by atoms with Gasteiger partial charge in [0.2, 0.25) is 0 Å². The fourth-order valence-corrected chi connectivity index (χ4v) is 2.92. The van der Waals surface area contributed by atoms with E-state index in [1.807, 2.05) is 13.8 Å². The second-order valence-corrected chi connectivity index (χ2v) is 5.60. The topological polar surface area (TPSA) is 46.5 Å². The van der Waals surface area contributed by atoms with Gasteiger partial charge in [0, 0.05) is 0 Å². The van der Waals surface area contributed by atoms with Gasteiger partial charge < -0.3 is 9.84 Å². The summed E-state index contributed by atoms with van der Waals surface area (Å²) in [5.74, 6) is 0.0657. The van der Waals surface area contributed by atoms with Crippen molar-refractivity contribution in [3.05, 3.63) is 0 Å². The molecule has 1 aliphatic carbocycles. The number of hydrogen-bond acceptors (Lipinski definition) is 3.